The van der Waals surface area contributed by atoms with E-state index in [1.165, 1.54) is 6.20 Å². The summed E-state index contributed by atoms with van der Waals surface area (Å²) < 4.78 is 25.8. The van der Waals surface area contributed by atoms with E-state index in [9.17, 15) is 13.9 Å². The summed E-state index contributed by atoms with van der Waals surface area (Å²) in [5, 5.41) is 6.12. The van der Waals surface area contributed by atoms with Gasteiger partial charge in [-0.2, -0.15) is 8.78 Å². The molecule has 1 N–H and O–H groups in total. The first-order valence-corrected chi connectivity index (χ1v) is 4.87. The Kier molecular flexibility index (Phi) is 2.39. The van der Waals surface area contributed by atoms with Crippen molar-refractivity contribution in [2.24, 2.45) is 0 Å². The number of aliphatic hydroxyl groups is 1. The van der Waals surface area contributed by atoms with Gasteiger partial charge in [-0.05, 0) is 24.4 Å². The molecule has 0 aliphatic heterocycles. The fraction of sp³-hybridized carbons (Fsp3) is 0.556. The molecular weight excluding hydrogens is 226 g/mol. The Morgan fingerprint density at radius 1 is 1.53 bits per heavy atom. The van der Waals surface area contributed by atoms with Crippen LogP contribution in [0.15, 0.2) is 12.5 Å². The topological polar surface area (TPSA) is 46.0 Å². The molecule has 0 spiro atoms. The van der Waals surface area contributed by atoms with Gasteiger partial charge in [-0.15, -0.1) is 0 Å². The Bertz CT molecular complexity index is 377. The van der Waals surface area contributed by atoms with Crippen LogP contribution in [0.5, 0.6) is 0 Å². The second-order valence-electron chi connectivity index (χ2n) is 3.80. The quantitative estimate of drug-likeness (QED) is 0.812. The van der Waals surface area contributed by atoms with Crippen molar-refractivity contribution in [2.75, 3.05) is 0 Å². The second kappa shape index (κ2) is 3.35. The number of alkyl halides is 3. The molecule has 1 saturated carbocycles. The predicted molar refractivity (Wildman–Crippen MR) is 49.7 cm³/mol. The lowest BCUT2D eigenvalue weighted by atomic mass is 10.1. The van der Waals surface area contributed by atoms with E-state index in [1.807, 2.05) is 0 Å². The Balaban J connectivity index is 2.30. The first kappa shape index (κ1) is 10.7. The molecule has 15 heavy (non-hydrogen) atoms. The maximum atomic E-state index is 12.9. The number of halogens is 3. The van der Waals surface area contributed by atoms with Gasteiger partial charge < -0.3 is 5.11 Å². The van der Waals surface area contributed by atoms with Gasteiger partial charge in [-0.3, -0.25) is 0 Å². The maximum Gasteiger partial charge on any atom is 0.365 e. The lowest BCUT2D eigenvalue weighted by molar-refractivity contribution is 0.0864. The lowest BCUT2D eigenvalue weighted by Gasteiger charge is -2.13. The molecule has 0 aromatic carbocycles. The summed E-state index contributed by atoms with van der Waals surface area (Å²) in [6, 6.07) is 0. The van der Waals surface area contributed by atoms with Crippen LogP contribution in [0.25, 0.3) is 0 Å². The van der Waals surface area contributed by atoms with Gasteiger partial charge in [0.2, 0.25) is 0 Å². The Labute approximate surface area is 90.1 Å². The van der Waals surface area contributed by atoms with Crippen molar-refractivity contribution < 1.29 is 13.9 Å². The minimum absolute atomic E-state index is 0.130. The summed E-state index contributed by atoms with van der Waals surface area (Å²) in [4.78, 5) is 7.11. The van der Waals surface area contributed by atoms with Crippen LogP contribution in [0.3, 0.4) is 0 Å². The molecule has 1 aliphatic carbocycles. The number of rotatable bonds is 3. The zero-order valence-corrected chi connectivity index (χ0v) is 8.51. The second-order valence-corrected chi connectivity index (χ2v) is 4.27. The zero-order valence-electron chi connectivity index (χ0n) is 7.75. The van der Waals surface area contributed by atoms with E-state index in [-0.39, 0.29) is 12.0 Å². The van der Waals surface area contributed by atoms with E-state index >= 15 is 0 Å². The molecule has 2 rings (SSSR count). The molecule has 0 unspecified atom stereocenters. The molecule has 0 amide bonds. The fourth-order valence-electron chi connectivity index (χ4n) is 1.42. The number of hydrogen-bond acceptors (Lipinski definition) is 3. The third-order valence-corrected chi connectivity index (χ3v) is 2.58. The number of nitrogens with zero attached hydrogens (tertiary/aromatic N) is 2. The van der Waals surface area contributed by atoms with Crippen molar-refractivity contribution in [3.63, 3.8) is 0 Å². The summed E-state index contributed by atoms with van der Waals surface area (Å²) in [6.45, 7) is 0. The van der Waals surface area contributed by atoms with Crippen LogP contribution in [-0.2, 0) is 11.8 Å². The Morgan fingerprint density at radius 3 is 2.73 bits per heavy atom. The predicted octanol–water partition coefficient (Wildman–Crippen LogP) is 1.83. The SMILES string of the molecule is OC1(Cc2cncnc2C(F)(F)Cl)CC1. The minimum Gasteiger partial charge on any atom is -0.390 e. The highest BCUT2D eigenvalue weighted by Gasteiger charge is 2.43. The molecule has 1 fully saturated rings. The summed E-state index contributed by atoms with van der Waals surface area (Å²) in [6.07, 6.45) is 3.66. The van der Waals surface area contributed by atoms with Crippen molar-refractivity contribution in [3.8, 4) is 0 Å². The highest BCUT2D eigenvalue weighted by atomic mass is 35.5. The van der Waals surface area contributed by atoms with Gasteiger partial charge in [0.25, 0.3) is 0 Å². The molecule has 0 radical (unpaired) electrons. The Hall–Kier alpha value is -0.810. The zero-order chi connectivity index (χ0) is 11.1. The average Bonchev–Trinajstić information content (AvgIpc) is 2.82. The van der Waals surface area contributed by atoms with E-state index in [4.69, 9.17) is 11.6 Å². The lowest BCUT2D eigenvalue weighted by Crippen LogP contribution is -2.17. The van der Waals surface area contributed by atoms with Crippen molar-refractivity contribution >= 4 is 11.6 Å². The van der Waals surface area contributed by atoms with E-state index in [1.54, 1.807) is 0 Å². The van der Waals surface area contributed by atoms with E-state index in [0.29, 0.717) is 12.8 Å². The fourth-order valence-corrected chi connectivity index (χ4v) is 1.59. The molecule has 1 aromatic heterocycles. The van der Waals surface area contributed by atoms with Gasteiger partial charge in [0.15, 0.2) is 0 Å². The van der Waals surface area contributed by atoms with Crippen molar-refractivity contribution in [2.45, 2.75) is 30.2 Å². The highest BCUT2D eigenvalue weighted by Crippen LogP contribution is 2.41. The van der Waals surface area contributed by atoms with Crippen LogP contribution in [0, 0.1) is 0 Å². The standard InChI is InChI=1S/C9H9ClF2N2O/c10-9(11,12)7-6(4-13-5-14-7)3-8(15)1-2-8/h4-5,15H,1-3H2. The number of aromatic nitrogens is 2. The van der Waals surface area contributed by atoms with Gasteiger partial charge in [-0.1, -0.05) is 0 Å². The van der Waals surface area contributed by atoms with Crippen molar-refractivity contribution in [1.29, 1.82) is 0 Å². The van der Waals surface area contributed by atoms with E-state index in [0.717, 1.165) is 6.33 Å². The summed E-state index contributed by atoms with van der Waals surface area (Å²) in [5.74, 6) is 0. The van der Waals surface area contributed by atoms with Gasteiger partial charge in [-0.25, -0.2) is 9.97 Å². The van der Waals surface area contributed by atoms with Gasteiger partial charge in [0.1, 0.15) is 12.0 Å². The first-order valence-electron chi connectivity index (χ1n) is 4.49. The normalized spacial score (nSPS) is 18.9. The average molecular weight is 235 g/mol. The molecule has 1 aliphatic rings. The van der Waals surface area contributed by atoms with Crippen LogP contribution in [-0.4, -0.2) is 20.7 Å². The van der Waals surface area contributed by atoms with Gasteiger partial charge >= 0.3 is 5.38 Å². The van der Waals surface area contributed by atoms with Crippen LogP contribution in [0.1, 0.15) is 24.1 Å². The van der Waals surface area contributed by atoms with Crippen molar-refractivity contribution in [1.82, 2.24) is 9.97 Å². The van der Waals surface area contributed by atoms with Crippen LogP contribution in [0.4, 0.5) is 8.78 Å². The third-order valence-electron chi connectivity index (χ3n) is 2.40. The molecule has 1 aromatic rings. The molecule has 0 saturated heterocycles. The number of hydrogen-bond donors (Lipinski definition) is 1. The summed E-state index contributed by atoms with van der Waals surface area (Å²) >= 11 is 4.91. The largest absolute Gasteiger partial charge is 0.390 e. The smallest absolute Gasteiger partial charge is 0.365 e. The van der Waals surface area contributed by atoms with Crippen molar-refractivity contribution in [3.05, 3.63) is 23.8 Å². The van der Waals surface area contributed by atoms with E-state index < -0.39 is 16.7 Å². The summed E-state index contributed by atoms with van der Waals surface area (Å²) in [5.41, 5.74) is -1.17. The molecule has 1 heterocycles. The molecule has 0 bridgehead atoms. The molecule has 82 valence electrons. The van der Waals surface area contributed by atoms with Gasteiger partial charge in [0.05, 0.1) is 5.60 Å². The Morgan fingerprint density at radius 2 is 2.20 bits per heavy atom. The van der Waals surface area contributed by atoms with Gasteiger partial charge in [0, 0.05) is 18.2 Å². The monoisotopic (exact) mass is 234 g/mol. The molecule has 6 heteroatoms. The molecule has 0 atom stereocenters. The molecule has 3 nitrogen and oxygen atoms in total. The maximum absolute atomic E-state index is 12.9. The van der Waals surface area contributed by atoms with Crippen LogP contribution in [0.2, 0.25) is 0 Å². The summed E-state index contributed by atoms with van der Waals surface area (Å²) in [7, 11) is 0. The minimum atomic E-state index is -3.51. The van der Waals surface area contributed by atoms with Crippen LogP contribution < -0.4 is 0 Å². The van der Waals surface area contributed by atoms with E-state index in [2.05, 4.69) is 9.97 Å². The highest BCUT2D eigenvalue weighted by molar-refractivity contribution is 6.21. The third kappa shape index (κ3) is 2.41. The molecular formula is C9H9ClF2N2O. The first-order chi connectivity index (χ1) is 6.91. The van der Waals surface area contributed by atoms with Crippen LogP contribution >= 0.6 is 11.6 Å².